The molecular weight excluding hydrogens is 316 g/mol. The molecule has 2 saturated heterocycles. The fourth-order valence-corrected chi connectivity index (χ4v) is 3.95. The molecule has 3 rings (SSSR count). The molecule has 0 unspecified atom stereocenters. The topological polar surface area (TPSA) is 67.8 Å². The van der Waals surface area contributed by atoms with E-state index in [1.165, 1.54) is 13.0 Å². The van der Waals surface area contributed by atoms with Gasteiger partial charge in [-0.2, -0.15) is 4.98 Å². The van der Waals surface area contributed by atoms with E-state index in [0.29, 0.717) is 11.8 Å². The van der Waals surface area contributed by atoms with Gasteiger partial charge in [-0.25, -0.2) is 4.98 Å². The van der Waals surface area contributed by atoms with Crippen LogP contribution in [0.1, 0.15) is 12.1 Å². The number of aliphatic hydroxyl groups excluding tert-OH is 1. The third-order valence-corrected chi connectivity index (χ3v) is 5.50. The monoisotopic (exact) mass is 348 g/mol. The zero-order valence-electron chi connectivity index (χ0n) is 15.8. The molecule has 0 amide bonds. The van der Waals surface area contributed by atoms with Gasteiger partial charge in [0, 0.05) is 64.1 Å². The van der Waals surface area contributed by atoms with Crippen molar-refractivity contribution in [3.05, 3.63) is 11.8 Å². The lowest BCUT2D eigenvalue weighted by atomic mass is 9.96. The molecule has 0 saturated carbocycles. The quantitative estimate of drug-likeness (QED) is 0.803. The van der Waals surface area contributed by atoms with Crippen LogP contribution in [0.25, 0.3) is 0 Å². The van der Waals surface area contributed by atoms with E-state index < -0.39 is 0 Å². The third kappa shape index (κ3) is 4.59. The molecule has 0 spiro atoms. The number of nitrogens with zero attached hydrogens (tertiary/aromatic N) is 5. The molecule has 7 nitrogen and oxygen atoms in total. The van der Waals surface area contributed by atoms with Crippen LogP contribution < -0.4 is 10.2 Å². The molecule has 140 valence electrons. The molecule has 2 atom stereocenters. The molecule has 2 aliphatic heterocycles. The molecule has 0 aliphatic carbocycles. The maximum Gasteiger partial charge on any atom is 0.227 e. The predicted molar refractivity (Wildman–Crippen MR) is 101 cm³/mol. The van der Waals surface area contributed by atoms with E-state index in [1.54, 1.807) is 0 Å². The molecule has 0 aromatic carbocycles. The van der Waals surface area contributed by atoms with Crippen LogP contribution >= 0.6 is 0 Å². The van der Waals surface area contributed by atoms with Crippen molar-refractivity contribution < 1.29 is 5.11 Å². The molecule has 7 heteroatoms. The molecule has 2 aliphatic rings. The number of nitrogens with one attached hydrogen (secondary N) is 1. The second-order valence-corrected chi connectivity index (χ2v) is 7.51. The Labute approximate surface area is 151 Å². The van der Waals surface area contributed by atoms with Crippen LogP contribution in [0.5, 0.6) is 0 Å². The molecular formula is C18H32N6O. The van der Waals surface area contributed by atoms with Crippen molar-refractivity contribution in [3.63, 3.8) is 0 Å². The third-order valence-electron chi connectivity index (χ3n) is 5.50. The van der Waals surface area contributed by atoms with Gasteiger partial charge in [-0.05, 0) is 39.4 Å². The van der Waals surface area contributed by atoms with Crippen LogP contribution in [-0.2, 0) is 0 Å². The minimum atomic E-state index is 0.236. The first-order chi connectivity index (χ1) is 12.1. The summed E-state index contributed by atoms with van der Waals surface area (Å²) in [6.45, 7) is 9.63. The number of aryl methyl sites for hydroxylation is 1. The number of hydrogen-bond acceptors (Lipinski definition) is 7. The zero-order chi connectivity index (χ0) is 17.8. The predicted octanol–water partition coefficient (Wildman–Crippen LogP) is 0.509. The van der Waals surface area contributed by atoms with E-state index in [-0.39, 0.29) is 6.61 Å². The van der Waals surface area contributed by atoms with Crippen molar-refractivity contribution in [3.8, 4) is 0 Å². The molecule has 25 heavy (non-hydrogen) atoms. The summed E-state index contributed by atoms with van der Waals surface area (Å²) in [6.07, 6.45) is 1.23. The number of aliphatic hydroxyl groups is 1. The maximum absolute atomic E-state index is 9.88. The highest BCUT2D eigenvalue weighted by Gasteiger charge is 2.35. The van der Waals surface area contributed by atoms with Crippen LogP contribution in [0.4, 0.5) is 11.8 Å². The van der Waals surface area contributed by atoms with Gasteiger partial charge in [0.05, 0.1) is 0 Å². The van der Waals surface area contributed by atoms with E-state index >= 15 is 0 Å². The van der Waals surface area contributed by atoms with E-state index in [2.05, 4.69) is 37.0 Å². The number of hydrogen-bond donors (Lipinski definition) is 2. The van der Waals surface area contributed by atoms with Crippen molar-refractivity contribution in [2.75, 3.05) is 76.7 Å². The molecule has 3 heterocycles. The fourth-order valence-electron chi connectivity index (χ4n) is 3.95. The van der Waals surface area contributed by atoms with Crippen molar-refractivity contribution in [2.45, 2.75) is 13.3 Å². The minimum Gasteiger partial charge on any atom is -0.396 e. The summed E-state index contributed by atoms with van der Waals surface area (Å²) in [7, 11) is 4.08. The van der Waals surface area contributed by atoms with Gasteiger partial charge in [0.2, 0.25) is 5.95 Å². The summed E-state index contributed by atoms with van der Waals surface area (Å²) in [5, 5.41) is 13.0. The largest absolute Gasteiger partial charge is 0.396 e. The number of aromatic nitrogens is 2. The van der Waals surface area contributed by atoms with Crippen molar-refractivity contribution >= 4 is 11.8 Å². The Bertz CT molecular complexity index is 568. The second kappa shape index (κ2) is 8.29. The highest BCUT2D eigenvalue weighted by atomic mass is 16.3. The van der Waals surface area contributed by atoms with Crippen LogP contribution in [-0.4, -0.2) is 91.4 Å². The Morgan fingerprint density at radius 1 is 1.16 bits per heavy atom. The molecule has 0 bridgehead atoms. The van der Waals surface area contributed by atoms with Gasteiger partial charge < -0.3 is 25.1 Å². The molecule has 2 N–H and O–H groups in total. The summed E-state index contributed by atoms with van der Waals surface area (Å²) in [5.41, 5.74) is 0.967. The smallest absolute Gasteiger partial charge is 0.227 e. The van der Waals surface area contributed by atoms with Gasteiger partial charge in [-0.1, -0.05) is 0 Å². The average molecular weight is 348 g/mol. The SMILES string of the molecule is CNc1cc(C)nc(N2C[C@@H](CN3CCCN(C)CC3)[C@@H](CO)C2)n1. The summed E-state index contributed by atoms with van der Waals surface area (Å²) in [6, 6.07) is 1.95. The van der Waals surface area contributed by atoms with Gasteiger partial charge in [-0.15, -0.1) is 0 Å². The first-order valence-corrected chi connectivity index (χ1v) is 9.39. The lowest BCUT2D eigenvalue weighted by molar-refractivity contribution is 0.165. The first-order valence-electron chi connectivity index (χ1n) is 9.39. The van der Waals surface area contributed by atoms with Gasteiger partial charge in [0.1, 0.15) is 5.82 Å². The molecule has 1 aromatic heterocycles. The van der Waals surface area contributed by atoms with Crippen molar-refractivity contribution in [2.24, 2.45) is 11.8 Å². The second-order valence-electron chi connectivity index (χ2n) is 7.51. The Balaban J connectivity index is 1.67. The van der Waals surface area contributed by atoms with Crippen LogP contribution in [0, 0.1) is 18.8 Å². The lowest BCUT2D eigenvalue weighted by Crippen LogP contribution is -2.36. The molecule has 2 fully saturated rings. The Morgan fingerprint density at radius 2 is 1.96 bits per heavy atom. The Kier molecular flexibility index (Phi) is 6.09. The van der Waals surface area contributed by atoms with Crippen molar-refractivity contribution in [1.29, 1.82) is 0 Å². The molecule has 0 radical (unpaired) electrons. The standard InChI is InChI=1S/C18H32N6O/c1-14-9-17(19-2)21-18(20-14)24-11-15(16(12-24)13-25)10-23-6-4-5-22(3)7-8-23/h9,15-16,25H,4-8,10-13H2,1-3H3,(H,19,20,21)/t15-,16-/m1/s1. The van der Waals surface area contributed by atoms with Gasteiger partial charge in [0.15, 0.2) is 0 Å². The van der Waals surface area contributed by atoms with Crippen molar-refractivity contribution in [1.82, 2.24) is 19.8 Å². The fraction of sp³-hybridized carbons (Fsp3) is 0.778. The number of rotatable bonds is 5. The Hall–Kier alpha value is -1.44. The van der Waals surface area contributed by atoms with Crippen LogP contribution in [0.2, 0.25) is 0 Å². The van der Waals surface area contributed by atoms with Gasteiger partial charge >= 0.3 is 0 Å². The lowest BCUT2D eigenvalue weighted by Gasteiger charge is -2.26. The summed E-state index contributed by atoms with van der Waals surface area (Å²) < 4.78 is 0. The maximum atomic E-state index is 9.88. The van der Waals surface area contributed by atoms with Crippen LogP contribution in [0.3, 0.4) is 0 Å². The normalized spacial score (nSPS) is 26.0. The molecule has 1 aromatic rings. The van der Waals surface area contributed by atoms with Gasteiger partial charge in [0.25, 0.3) is 0 Å². The number of likely N-dealkylation sites (N-methyl/N-ethyl adjacent to an activating group) is 1. The van der Waals surface area contributed by atoms with E-state index in [1.807, 2.05) is 20.0 Å². The summed E-state index contributed by atoms with van der Waals surface area (Å²) in [5.74, 6) is 2.39. The summed E-state index contributed by atoms with van der Waals surface area (Å²) >= 11 is 0. The van der Waals surface area contributed by atoms with Gasteiger partial charge in [-0.3, -0.25) is 0 Å². The minimum absolute atomic E-state index is 0.236. The zero-order valence-corrected chi connectivity index (χ0v) is 15.8. The first kappa shape index (κ1) is 18.4. The summed E-state index contributed by atoms with van der Waals surface area (Å²) in [4.78, 5) is 16.4. The average Bonchev–Trinajstić information content (AvgIpc) is 2.90. The van der Waals surface area contributed by atoms with E-state index in [4.69, 9.17) is 0 Å². The highest BCUT2D eigenvalue weighted by molar-refractivity contribution is 5.44. The Morgan fingerprint density at radius 3 is 2.72 bits per heavy atom. The van der Waals surface area contributed by atoms with Crippen LogP contribution in [0.15, 0.2) is 6.07 Å². The highest BCUT2D eigenvalue weighted by Crippen LogP contribution is 2.28. The van der Waals surface area contributed by atoms with E-state index in [9.17, 15) is 5.11 Å². The number of anilines is 2. The van der Waals surface area contributed by atoms with E-state index in [0.717, 1.165) is 56.7 Å².